The summed E-state index contributed by atoms with van der Waals surface area (Å²) in [5, 5.41) is 3.62. The minimum atomic E-state index is 0.460. The fourth-order valence-corrected chi connectivity index (χ4v) is 4.42. The van der Waals surface area contributed by atoms with Crippen molar-refractivity contribution >= 4 is 0 Å². The van der Waals surface area contributed by atoms with E-state index in [-0.39, 0.29) is 0 Å². The molecule has 0 aromatic carbocycles. The van der Waals surface area contributed by atoms with E-state index in [1.165, 1.54) is 38.6 Å². The van der Waals surface area contributed by atoms with Crippen LogP contribution in [0.5, 0.6) is 0 Å². The third-order valence-corrected chi connectivity index (χ3v) is 6.00. The molecule has 1 saturated carbocycles. The Morgan fingerprint density at radius 1 is 1.00 bits per heavy atom. The van der Waals surface area contributed by atoms with Crippen molar-refractivity contribution in [2.45, 2.75) is 84.8 Å². The molecule has 0 radical (unpaired) electrons. The molecule has 1 aliphatic heterocycles. The van der Waals surface area contributed by atoms with Gasteiger partial charge in [0.25, 0.3) is 0 Å². The van der Waals surface area contributed by atoms with Crippen LogP contribution in [0.15, 0.2) is 0 Å². The van der Waals surface area contributed by atoms with Crippen LogP contribution in [-0.2, 0) is 0 Å². The summed E-state index contributed by atoms with van der Waals surface area (Å²) in [7, 11) is 2.16. The number of likely N-dealkylation sites (tertiary alicyclic amines) is 1. The molecule has 1 saturated heterocycles. The Bertz CT molecular complexity index is 307. The number of rotatable bonds is 2. The van der Waals surface area contributed by atoms with Crippen LogP contribution in [-0.4, -0.2) is 36.6 Å². The molecule has 0 bridgehead atoms. The minimum absolute atomic E-state index is 0.460. The third kappa shape index (κ3) is 3.57. The number of hydrogen-bond acceptors (Lipinski definition) is 2. The molecule has 2 aliphatic rings. The highest BCUT2D eigenvalue weighted by Gasteiger charge is 2.40. The van der Waals surface area contributed by atoms with Crippen molar-refractivity contribution < 1.29 is 0 Å². The van der Waals surface area contributed by atoms with Crippen LogP contribution in [0.4, 0.5) is 0 Å². The highest BCUT2D eigenvalue weighted by atomic mass is 15.2. The van der Waals surface area contributed by atoms with Gasteiger partial charge in [-0.05, 0) is 63.3 Å². The van der Waals surface area contributed by atoms with Crippen molar-refractivity contribution in [3.63, 3.8) is 0 Å². The molecule has 118 valence electrons. The Hall–Kier alpha value is -0.0800. The van der Waals surface area contributed by atoms with E-state index in [0.717, 1.165) is 23.9 Å². The lowest BCUT2D eigenvalue weighted by atomic mass is 9.69. The van der Waals surface area contributed by atoms with E-state index < -0.39 is 0 Å². The van der Waals surface area contributed by atoms with E-state index in [0.29, 0.717) is 11.5 Å². The first-order chi connectivity index (χ1) is 9.32. The first-order valence-corrected chi connectivity index (χ1v) is 8.76. The quantitative estimate of drug-likeness (QED) is 0.825. The van der Waals surface area contributed by atoms with E-state index in [9.17, 15) is 0 Å². The van der Waals surface area contributed by atoms with Crippen LogP contribution in [0.25, 0.3) is 0 Å². The number of likely N-dealkylation sites (N-methyl/N-ethyl adjacent to an activating group) is 1. The summed E-state index contributed by atoms with van der Waals surface area (Å²) in [4.78, 5) is 2.84. The molecule has 0 amide bonds. The average molecular weight is 280 g/mol. The Labute approximate surface area is 126 Å². The molecule has 0 aromatic heterocycles. The Kier molecular flexibility index (Phi) is 5.18. The number of hydrogen-bond donors (Lipinski definition) is 1. The monoisotopic (exact) mass is 280 g/mol. The third-order valence-electron chi connectivity index (χ3n) is 6.00. The predicted octanol–water partition coefficient (Wildman–Crippen LogP) is 3.91. The van der Waals surface area contributed by atoms with Gasteiger partial charge in [0.15, 0.2) is 0 Å². The summed E-state index contributed by atoms with van der Waals surface area (Å²) in [6.07, 6.45) is 6.92. The number of nitrogens with zero attached hydrogens (tertiary/aromatic N) is 1. The first kappa shape index (κ1) is 16.3. The van der Waals surface area contributed by atoms with Gasteiger partial charge in [-0.3, -0.25) is 4.90 Å². The lowest BCUT2D eigenvalue weighted by molar-refractivity contribution is 0.00918. The molecule has 2 fully saturated rings. The van der Waals surface area contributed by atoms with Crippen molar-refractivity contribution in [1.29, 1.82) is 0 Å². The number of nitrogens with one attached hydrogen (secondary N) is 1. The van der Waals surface area contributed by atoms with Crippen molar-refractivity contribution in [2.75, 3.05) is 13.6 Å². The zero-order valence-electron chi connectivity index (χ0n) is 14.6. The molecule has 2 rings (SSSR count). The Balaban J connectivity index is 2.12. The molecule has 1 N–H and O–H groups in total. The molecule has 2 heteroatoms. The van der Waals surface area contributed by atoms with E-state index in [2.05, 4.69) is 51.9 Å². The van der Waals surface area contributed by atoms with Crippen molar-refractivity contribution in [3.8, 4) is 0 Å². The van der Waals surface area contributed by atoms with Gasteiger partial charge in [-0.2, -0.15) is 0 Å². The summed E-state index contributed by atoms with van der Waals surface area (Å²) in [6, 6.07) is 2.21. The van der Waals surface area contributed by atoms with Gasteiger partial charge in [-0.15, -0.1) is 0 Å². The van der Waals surface area contributed by atoms with Crippen LogP contribution in [0.3, 0.4) is 0 Å². The summed E-state index contributed by atoms with van der Waals surface area (Å²) in [5.74, 6) is 1.75. The summed E-state index contributed by atoms with van der Waals surface area (Å²) >= 11 is 0. The highest BCUT2D eigenvalue weighted by molar-refractivity contribution is 4.96. The van der Waals surface area contributed by atoms with E-state index in [1.54, 1.807) is 0 Å². The van der Waals surface area contributed by atoms with Crippen molar-refractivity contribution in [1.82, 2.24) is 10.2 Å². The fraction of sp³-hybridized carbons (Fsp3) is 1.00. The average Bonchev–Trinajstić information content (AvgIpc) is 2.40. The smallest absolute Gasteiger partial charge is 0.0254 e. The van der Waals surface area contributed by atoms with Gasteiger partial charge >= 0.3 is 0 Å². The van der Waals surface area contributed by atoms with Crippen LogP contribution in [0.1, 0.15) is 66.7 Å². The van der Waals surface area contributed by atoms with Crippen molar-refractivity contribution in [2.24, 2.45) is 17.3 Å². The Morgan fingerprint density at radius 3 is 2.30 bits per heavy atom. The molecule has 20 heavy (non-hydrogen) atoms. The van der Waals surface area contributed by atoms with Crippen molar-refractivity contribution in [3.05, 3.63) is 0 Å². The van der Waals surface area contributed by atoms with Gasteiger partial charge in [0.2, 0.25) is 0 Å². The second-order valence-electron chi connectivity index (χ2n) is 8.57. The van der Waals surface area contributed by atoms with Gasteiger partial charge in [0, 0.05) is 24.7 Å². The Morgan fingerprint density at radius 2 is 1.70 bits per heavy atom. The second kappa shape index (κ2) is 6.36. The lowest BCUT2D eigenvalue weighted by Gasteiger charge is -2.50. The van der Waals surface area contributed by atoms with E-state index >= 15 is 0 Å². The fourth-order valence-electron chi connectivity index (χ4n) is 4.42. The maximum atomic E-state index is 3.62. The van der Waals surface area contributed by atoms with Crippen LogP contribution in [0.2, 0.25) is 0 Å². The minimum Gasteiger partial charge on any atom is -0.315 e. The van der Waals surface area contributed by atoms with Gasteiger partial charge in [-0.1, -0.05) is 27.7 Å². The van der Waals surface area contributed by atoms with Crippen LogP contribution in [0, 0.1) is 17.3 Å². The molecule has 5 unspecified atom stereocenters. The maximum Gasteiger partial charge on any atom is 0.0254 e. The van der Waals surface area contributed by atoms with Gasteiger partial charge < -0.3 is 5.32 Å². The summed E-state index contributed by atoms with van der Waals surface area (Å²) in [6.45, 7) is 13.5. The predicted molar refractivity (Wildman–Crippen MR) is 88.0 cm³/mol. The van der Waals surface area contributed by atoms with E-state index in [4.69, 9.17) is 0 Å². The summed E-state index contributed by atoms with van der Waals surface area (Å²) < 4.78 is 0. The highest BCUT2D eigenvalue weighted by Crippen LogP contribution is 2.41. The normalized spacial score (nSPS) is 40.8. The molecule has 0 aromatic rings. The zero-order chi connectivity index (χ0) is 14.9. The maximum absolute atomic E-state index is 3.62. The van der Waals surface area contributed by atoms with E-state index in [1.807, 2.05) is 0 Å². The topological polar surface area (TPSA) is 15.3 Å². The van der Waals surface area contributed by atoms with Crippen LogP contribution < -0.4 is 5.32 Å². The number of piperidine rings is 1. The molecule has 1 aliphatic carbocycles. The van der Waals surface area contributed by atoms with Crippen LogP contribution >= 0.6 is 0 Å². The largest absolute Gasteiger partial charge is 0.315 e. The zero-order valence-corrected chi connectivity index (χ0v) is 14.6. The standard InChI is InChI=1S/C18H36N2/c1-13-7-8-14(2)20(12-13)17-11-15(18(3,4)5)9-10-16(17)19-6/h13-17,19H,7-12H2,1-6H3. The SMILES string of the molecule is CNC1CCC(C(C)(C)C)CC1N1CC(C)CCC1C. The molecular weight excluding hydrogens is 244 g/mol. The molecule has 0 spiro atoms. The first-order valence-electron chi connectivity index (χ1n) is 8.76. The summed E-state index contributed by atoms with van der Waals surface area (Å²) in [5.41, 5.74) is 0.460. The molecule has 2 nitrogen and oxygen atoms in total. The molecule has 5 atom stereocenters. The molecule has 1 heterocycles. The van der Waals surface area contributed by atoms with Gasteiger partial charge in [0.05, 0.1) is 0 Å². The lowest BCUT2D eigenvalue weighted by Crippen LogP contribution is -2.58. The van der Waals surface area contributed by atoms with Gasteiger partial charge in [0.1, 0.15) is 0 Å². The second-order valence-corrected chi connectivity index (χ2v) is 8.57. The van der Waals surface area contributed by atoms with Gasteiger partial charge in [-0.25, -0.2) is 0 Å². The molecular formula is C18H36N2.